The molecule has 0 spiro atoms. The molecule has 1 heterocycles. The smallest absolute Gasteiger partial charge is 0.213 e. The van der Waals surface area contributed by atoms with Crippen LogP contribution in [0.5, 0.6) is 0 Å². The molecule has 4 nitrogen and oxygen atoms in total. The first-order chi connectivity index (χ1) is 7.34. The molecule has 0 saturated heterocycles. The van der Waals surface area contributed by atoms with E-state index in [0.717, 1.165) is 6.54 Å². The van der Waals surface area contributed by atoms with Gasteiger partial charge in [-0.3, -0.25) is 0 Å². The number of nitrogens with zero attached hydrogens (tertiary/aromatic N) is 2. The molecule has 0 fully saturated rings. The molecule has 1 aromatic carbocycles. The molecular weight excluding hydrogens is 305 g/mol. The van der Waals surface area contributed by atoms with Crippen LogP contribution in [0.3, 0.4) is 0 Å². The highest BCUT2D eigenvalue weighted by Crippen LogP contribution is 2.06. The van der Waals surface area contributed by atoms with E-state index in [1.807, 2.05) is 0 Å². The van der Waals surface area contributed by atoms with Crippen LogP contribution in [0.4, 0.5) is 0 Å². The average Bonchev–Trinajstić information content (AvgIpc) is 2.74. The predicted molar refractivity (Wildman–Crippen MR) is 64.0 cm³/mol. The van der Waals surface area contributed by atoms with Gasteiger partial charge in [0.2, 0.25) is 6.39 Å². The van der Waals surface area contributed by atoms with Crippen molar-refractivity contribution in [3.63, 3.8) is 0 Å². The summed E-state index contributed by atoms with van der Waals surface area (Å²) in [6, 6.07) is 8.38. The first kappa shape index (κ1) is 10.6. The molecule has 0 radical (unpaired) electrons. The Morgan fingerprint density at radius 3 is 2.67 bits per heavy atom. The first-order valence-electron chi connectivity index (χ1n) is 4.55. The van der Waals surface area contributed by atoms with Crippen molar-refractivity contribution in [2.75, 3.05) is 0 Å². The summed E-state index contributed by atoms with van der Waals surface area (Å²) >= 11 is 2.29. The van der Waals surface area contributed by atoms with E-state index >= 15 is 0 Å². The van der Waals surface area contributed by atoms with Crippen LogP contribution in [-0.4, -0.2) is 10.1 Å². The zero-order valence-electron chi connectivity index (χ0n) is 7.98. The Labute approximate surface area is 101 Å². The van der Waals surface area contributed by atoms with E-state index in [-0.39, 0.29) is 0 Å². The van der Waals surface area contributed by atoms with Crippen molar-refractivity contribution in [3.05, 3.63) is 45.6 Å². The van der Waals surface area contributed by atoms with E-state index in [0.29, 0.717) is 12.4 Å². The van der Waals surface area contributed by atoms with Gasteiger partial charge in [-0.25, -0.2) is 0 Å². The Hall–Kier alpha value is -0.950. The number of rotatable bonds is 4. The Kier molecular flexibility index (Phi) is 3.68. The van der Waals surface area contributed by atoms with Crippen LogP contribution < -0.4 is 5.32 Å². The normalized spacial score (nSPS) is 10.5. The Morgan fingerprint density at radius 2 is 2.00 bits per heavy atom. The number of aromatic nitrogens is 2. The predicted octanol–water partition coefficient (Wildman–Crippen LogP) is 1.96. The minimum absolute atomic E-state index is 0.627. The number of nitrogens with one attached hydrogen (secondary N) is 1. The van der Waals surface area contributed by atoms with Gasteiger partial charge < -0.3 is 9.84 Å². The lowest BCUT2D eigenvalue weighted by atomic mass is 10.2. The maximum atomic E-state index is 4.63. The second-order valence-corrected chi connectivity index (χ2v) is 4.32. The molecule has 0 aliphatic carbocycles. The van der Waals surface area contributed by atoms with Gasteiger partial charge in [0.05, 0.1) is 6.54 Å². The molecule has 0 saturated carbocycles. The maximum Gasteiger partial charge on any atom is 0.213 e. The van der Waals surface area contributed by atoms with Crippen molar-refractivity contribution in [2.24, 2.45) is 0 Å². The topological polar surface area (TPSA) is 51.0 Å². The molecule has 0 unspecified atom stereocenters. The number of halogens is 1. The molecule has 0 aliphatic rings. The van der Waals surface area contributed by atoms with E-state index in [1.165, 1.54) is 15.5 Å². The van der Waals surface area contributed by atoms with Gasteiger partial charge in [-0.05, 0) is 40.3 Å². The summed E-state index contributed by atoms with van der Waals surface area (Å²) in [6.45, 7) is 1.44. The minimum Gasteiger partial charge on any atom is -0.343 e. The molecule has 0 amide bonds. The summed E-state index contributed by atoms with van der Waals surface area (Å²) in [5.74, 6) is 0.681. The van der Waals surface area contributed by atoms with Gasteiger partial charge in [-0.1, -0.05) is 17.3 Å². The van der Waals surface area contributed by atoms with Crippen LogP contribution in [0, 0.1) is 3.57 Å². The van der Waals surface area contributed by atoms with Crippen molar-refractivity contribution in [1.29, 1.82) is 0 Å². The summed E-state index contributed by atoms with van der Waals surface area (Å²) in [5.41, 5.74) is 1.25. The molecule has 0 aliphatic heterocycles. The Bertz CT molecular complexity index is 399. The average molecular weight is 315 g/mol. The molecule has 0 bridgehead atoms. The van der Waals surface area contributed by atoms with Crippen LogP contribution in [0.2, 0.25) is 0 Å². The van der Waals surface area contributed by atoms with Gasteiger partial charge in [-0.2, -0.15) is 4.98 Å². The first-order valence-corrected chi connectivity index (χ1v) is 5.63. The van der Waals surface area contributed by atoms with E-state index < -0.39 is 0 Å². The van der Waals surface area contributed by atoms with Crippen LogP contribution in [0.25, 0.3) is 0 Å². The van der Waals surface area contributed by atoms with Gasteiger partial charge in [0, 0.05) is 10.1 Å². The number of hydrogen-bond donors (Lipinski definition) is 1. The minimum atomic E-state index is 0.627. The quantitative estimate of drug-likeness (QED) is 0.877. The van der Waals surface area contributed by atoms with E-state index in [1.54, 1.807) is 0 Å². The molecule has 1 N–H and O–H groups in total. The molecule has 1 aromatic heterocycles. The lowest BCUT2D eigenvalue weighted by molar-refractivity contribution is 0.407. The molecule has 78 valence electrons. The Morgan fingerprint density at radius 1 is 1.20 bits per heavy atom. The highest BCUT2D eigenvalue weighted by molar-refractivity contribution is 14.1. The summed E-state index contributed by atoms with van der Waals surface area (Å²) in [5, 5.41) is 6.95. The van der Waals surface area contributed by atoms with E-state index in [2.05, 4.69) is 66.8 Å². The zero-order chi connectivity index (χ0) is 10.5. The van der Waals surface area contributed by atoms with E-state index in [4.69, 9.17) is 0 Å². The second kappa shape index (κ2) is 5.22. The maximum absolute atomic E-state index is 4.63. The van der Waals surface area contributed by atoms with Crippen LogP contribution in [-0.2, 0) is 13.1 Å². The standard InChI is InChI=1S/C10H10IN3O/c11-9-3-1-8(2-4-9)5-12-6-10-13-7-15-14-10/h1-4,7,12H,5-6H2. The number of hydrogen-bond acceptors (Lipinski definition) is 4. The molecule has 2 aromatic rings. The van der Waals surface area contributed by atoms with Gasteiger partial charge in [-0.15, -0.1) is 0 Å². The van der Waals surface area contributed by atoms with Gasteiger partial charge in [0.15, 0.2) is 5.82 Å². The fourth-order valence-electron chi connectivity index (χ4n) is 1.19. The molecule has 0 atom stereocenters. The monoisotopic (exact) mass is 315 g/mol. The van der Waals surface area contributed by atoms with Crippen LogP contribution >= 0.6 is 22.6 Å². The van der Waals surface area contributed by atoms with Crippen molar-refractivity contribution >= 4 is 22.6 Å². The van der Waals surface area contributed by atoms with Gasteiger partial charge in [0.25, 0.3) is 0 Å². The zero-order valence-corrected chi connectivity index (χ0v) is 10.1. The largest absolute Gasteiger partial charge is 0.343 e. The molecular formula is C10H10IN3O. The van der Waals surface area contributed by atoms with Gasteiger partial charge in [0.1, 0.15) is 0 Å². The Balaban J connectivity index is 1.81. The van der Waals surface area contributed by atoms with Crippen molar-refractivity contribution in [2.45, 2.75) is 13.1 Å². The highest BCUT2D eigenvalue weighted by Gasteiger charge is 1.97. The number of benzene rings is 1. The second-order valence-electron chi connectivity index (χ2n) is 3.08. The third-order valence-electron chi connectivity index (χ3n) is 1.93. The van der Waals surface area contributed by atoms with E-state index in [9.17, 15) is 0 Å². The molecule has 2 rings (SSSR count). The summed E-state index contributed by atoms with van der Waals surface area (Å²) in [7, 11) is 0. The van der Waals surface area contributed by atoms with Crippen molar-refractivity contribution in [1.82, 2.24) is 15.5 Å². The van der Waals surface area contributed by atoms with Crippen molar-refractivity contribution < 1.29 is 4.52 Å². The molecule has 5 heteroatoms. The fourth-order valence-corrected chi connectivity index (χ4v) is 1.55. The van der Waals surface area contributed by atoms with Crippen molar-refractivity contribution in [3.8, 4) is 0 Å². The lowest BCUT2D eigenvalue weighted by Crippen LogP contribution is -2.13. The lowest BCUT2D eigenvalue weighted by Gasteiger charge is -2.01. The fraction of sp³-hybridized carbons (Fsp3) is 0.200. The SMILES string of the molecule is Ic1ccc(CNCc2ncon2)cc1. The van der Waals surface area contributed by atoms with Crippen LogP contribution in [0.1, 0.15) is 11.4 Å². The summed E-state index contributed by atoms with van der Waals surface area (Å²) in [6.07, 6.45) is 1.34. The highest BCUT2D eigenvalue weighted by atomic mass is 127. The summed E-state index contributed by atoms with van der Waals surface area (Å²) in [4.78, 5) is 3.92. The summed E-state index contributed by atoms with van der Waals surface area (Å²) < 4.78 is 5.88. The van der Waals surface area contributed by atoms with Crippen LogP contribution in [0.15, 0.2) is 35.2 Å². The molecule has 15 heavy (non-hydrogen) atoms. The third-order valence-corrected chi connectivity index (χ3v) is 2.65. The third kappa shape index (κ3) is 3.28. The van der Waals surface area contributed by atoms with Gasteiger partial charge >= 0.3 is 0 Å².